The fourth-order valence-electron chi connectivity index (χ4n) is 1.71. The van der Waals surface area contributed by atoms with Crippen LogP contribution in [0, 0.1) is 6.92 Å². The second-order valence-corrected chi connectivity index (χ2v) is 6.32. The maximum atomic E-state index is 8.70. The molecule has 0 amide bonds. The normalized spacial score (nSPS) is 14.7. The van der Waals surface area contributed by atoms with Gasteiger partial charge in [-0.1, -0.05) is 11.6 Å². The van der Waals surface area contributed by atoms with Gasteiger partial charge in [0.05, 0.1) is 0 Å². The van der Waals surface area contributed by atoms with Crippen LogP contribution >= 0.6 is 23.4 Å². The maximum absolute atomic E-state index is 8.70. The second kappa shape index (κ2) is 7.31. The van der Waals surface area contributed by atoms with Crippen molar-refractivity contribution in [2.75, 3.05) is 30.0 Å². The molecule has 1 heterocycles. The van der Waals surface area contributed by atoms with Gasteiger partial charge in [0, 0.05) is 30.4 Å². The lowest BCUT2D eigenvalue weighted by atomic mass is 10.3. The van der Waals surface area contributed by atoms with Gasteiger partial charge in [-0.15, -0.1) is 0 Å². The molecule has 0 spiro atoms. The lowest BCUT2D eigenvalue weighted by Gasteiger charge is -2.11. The van der Waals surface area contributed by atoms with Crippen molar-refractivity contribution >= 4 is 29.2 Å². The Labute approximate surface area is 123 Å². The smallest absolute Gasteiger partial charge is 0.137 e. The van der Waals surface area contributed by atoms with Gasteiger partial charge in [0.2, 0.25) is 0 Å². The molecule has 19 heavy (non-hydrogen) atoms. The molecule has 1 saturated carbocycles. The minimum Gasteiger partial charge on any atom is -0.396 e. The Balaban J connectivity index is 1.84. The first-order valence-electron chi connectivity index (χ1n) is 6.69. The van der Waals surface area contributed by atoms with Crippen molar-refractivity contribution in [2.24, 2.45) is 0 Å². The SMILES string of the molecule is Cc1c(Cl)nc(C2CC2)nc1NCCSCCCO. The van der Waals surface area contributed by atoms with Crippen LogP contribution < -0.4 is 5.32 Å². The molecule has 1 aromatic rings. The summed E-state index contributed by atoms with van der Waals surface area (Å²) in [6.45, 7) is 3.07. The summed E-state index contributed by atoms with van der Waals surface area (Å²) < 4.78 is 0. The van der Waals surface area contributed by atoms with Crippen LogP contribution in [-0.2, 0) is 0 Å². The molecule has 1 aromatic heterocycles. The lowest BCUT2D eigenvalue weighted by Crippen LogP contribution is -2.10. The number of hydrogen-bond acceptors (Lipinski definition) is 5. The first kappa shape index (κ1) is 14.9. The quantitative estimate of drug-likeness (QED) is 0.571. The van der Waals surface area contributed by atoms with E-state index >= 15 is 0 Å². The number of aliphatic hydroxyl groups excluding tert-OH is 1. The zero-order chi connectivity index (χ0) is 13.7. The van der Waals surface area contributed by atoms with Gasteiger partial charge in [-0.2, -0.15) is 11.8 Å². The number of aliphatic hydroxyl groups is 1. The molecule has 0 radical (unpaired) electrons. The molecule has 4 nitrogen and oxygen atoms in total. The van der Waals surface area contributed by atoms with Crippen LogP contribution in [0.25, 0.3) is 0 Å². The van der Waals surface area contributed by atoms with Crippen molar-refractivity contribution in [1.82, 2.24) is 9.97 Å². The van der Waals surface area contributed by atoms with Crippen LogP contribution in [0.3, 0.4) is 0 Å². The molecular formula is C13H20ClN3OS. The van der Waals surface area contributed by atoms with Crippen molar-refractivity contribution in [3.05, 3.63) is 16.5 Å². The van der Waals surface area contributed by atoms with Gasteiger partial charge < -0.3 is 10.4 Å². The number of nitrogens with one attached hydrogen (secondary N) is 1. The standard InChI is InChI=1S/C13H20ClN3OS/c1-9-11(14)16-13(10-3-4-10)17-12(9)15-5-8-19-7-2-6-18/h10,18H,2-8H2,1H3,(H,15,16,17). The highest BCUT2D eigenvalue weighted by Gasteiger charge is 2.27. The summed E-state index contributed by atoms with van der Waals surface area (Å²) in [5, 5.41) is 12.6. The topological polar surface area (TPSA) is 58.0 Å². The van der Waals surface area contributed by atoms with Crippen LogP contribution in [-0.4, -0.2) is 39.7 Å². The van der Waals surface area contributed by atoms with Gasteiger partial charge in [0.25, 0.3) is 0 Å². The van der Waals surface area contributed by atoms with Gasteiger partial charge in [0.15, 0.2) is 0 Å². The molecule has 0 aliphatic heterocycles. The van der Waals surface area contributed by atoms with Crippen LogP contribution in [0.4, 0.5) is 5.82 Å². The number of rotatable bonds is 8. The van der Waals surface area contributed by atoms with E-state index in [0.29, 0.717) is 11.1 Å². The number of halogens is 1. The molecule has 2 rings (SSSR count). The number of hydrogen-bond donors (Lipinski definition) is 2. The highest BCUT2D eigenvalue weighted by atomic mass is 35.5. The van der Waals surface area contributed by atoms with E-state index in [4.69, 9.17) is 16.7 Å². The van der Waals surface area contributed by atoms with Crippen LogP contribution in [0.1, 0.15) is 36.6 Å². The zero-order valence-electron chi connectivity index (χ0n) is 11.2. The van der Waals surface area contributed by atoms with Gasteiger partial charge >= 0.3 is 0 Å². The predicted octanol–water partition coefficient (Wildman–Crippen LogP) is 2.84. The average Bonchev–Trinajstić information content (AvgIpc) is 3.22. The van der Waals surface area contributed by atoms with E-state index in [1.165, 1.54) is 12.8 Å². The summed E-state index contributed by atoms with van der Waals surface area (Å²) in [7, 11) is 0. The summed E-state index contributed by atoms with van der Waals surface area (Å²) in [5.74, 6) is 4.25. The molecule has 0 saturated heterocycles. The largest absolute Gasteiger partial charge is 0.396 e. The Kier molecular flexibility index (Phi) is 5.73. The summed E-state index contributed by atoms with van der Waals surface area (Å²) >= 11 is 7.98. The van der Waals surface area contributed by atoms with Gasteiger partial charge in [0.1, 0.15) is 16.8 Å². The molecule has 6 heteroatoms. The molecule has 2 N–H and O–H groups in total. The van der Waals surface area contributed by atoms with E-state index in [9.17, 15) is 0 Å². The third-order valence-electron chi connectivity index (χ3n) is 3.03. The first-order valence-corrected chi connectivity index (χ1v) is 8.22. The lowest BCUT2D eigenvalue weighted by molar-refractivity contribution is 0.296. The predicted molar refractivity (Wildman–Crippen MR) is 81.3 cm³/mol. The summed E-state index contributed by atoms with van der Waals surface area (Å²) in [6.07, 6.45) is 3.21. The van der Waals surface area contributed by atoms with Crippen molar-refractivity contribution in [1.29, 1.82) is 0 Å². The monoisotopic (exact) mass is 301 g/mol. The summed E-state index contributed by atoms with van der Waals surface area (Å²) in [6, 6.07) is 0. The van der Waals surface area contributed by atoms with E-state index < -0.39 is 0 Å². The van der Waals surface area contributed by atoms with Gasteiger partial charge in [-0.3, -0.25) is 0 Å². The second-order valence-electron chi connectivity index (χ2n) is 4.74. The Morgan fingerprint density at radius 2 is 2.16 bits per heavy atom. The molecule has 1 aliphatic carbocycles. The Morgan fingerprint density at radius 3 is 2.84 bits per heavy atom. The third-order valence-corrected chi connectivity index (χ3v) is 4.47. The number of thioether (sulfide) groups is 1. The van der Waals surface area contributed by atoms with Gasteiger partial charge in [-0.05, 0) is 31.9 Å². The number of nitrogens with zero attached hydrogens (tertiary/aromatic N) is 2. The van der Waals surface area contributed by atoms with Crippen molar-refractivity contribution in [3.8, 4) is 0 Å². The fraction of sp³-hybridized carbons (Fsp3) is 0.692. The van der Waals surface area contributed by atoms with E-state index in [2.05, 4.69) is 15.3 Å². The van der Waals surface area contributed by atoms with Gasteiger partial charge in [-0.25, -0.2) is 9.97 Å². The van der Waals surface area contributed by atoms with E-state index in [1.807, 2.05) is 18.7 Å². The van der Waals surface area contributed by atoms with Crippen molar-refractivity contribution < 1.29 is 5.11 Å². The number of aromatic nitrogens is 2. The fourth-order valence-corrected chi connectivity index (χ4v) is 2.67. The van der Waals surface area contributed by atoms with E-state index in [-0.39, 0.29) is 6.61 Å². The molecule has 0 atom stereocenters. The highest BCUT2D eigenvalue weighted by Crippen LogP contribution is 2.39. The van der Waals surface area contributed by atoms with Crippen molar-refractivity contribution in [3.63, 3.8) is 0 Å². The van der Waals surface area contributed by atoms with E-state index in [0.717, 1.165) is 41.7 Å². The summed E-state index contributed by atoms with van der Waals surface area (Å²) in [4.78, 5) is 8.92. The third kappa shape index (κ3) is 4.51. The van der Waals surface area contributed by atoms with Crippen LogP contribution in [0.15, 0.2) is 0 Å². The zero-order valence-corrected chi connectivity index (χ0v) is 12.7. The van der Waals surface area contributed by atoms with Crippen molar-refractivity contribution in [2.45, 2.75) is 32.1 Å². The molecule has 0 unspecified atom stereocenters. The average molecular weight is 302 g/mol. The Bertz CT molecular complexity index is 427. The molecule has 1 aliphatic rings. The van der Waals surface area contributed by atoms with Crippen LogP contribution in [0.5, 0.6) is 0 Å². The minimum absolute atomic E-state index is 0.270. The molecule has 1 fully saturated rings. The Morgan fingerprint density at radius 1 is 1.37 bits per heavy atom. The maximum Gasteiger partial charge on any atom is 0.137 e. The molecular weight excluding hydrogens is 282 g/mol. The highest BCUT2D eigenvalue weighted by molar-refractivity contribution is 7.99. The van der Waals surface area contributed by atoms with E-state index in [1.54, 1.807) is 0 Å². The minimum atomic E-state index is 0.270. The first-order chi connectivity index (χ1) is 9.22. The summed E-state index contributed by atoms with van der Waals surface area (Å²) in [5.41, 5.74) is 0.923. The molecule has 0 aromatic carbocycles. The number of anilines is 1. The Hall–Kier alpha value is -0.520. The van der Waals surface area contributed by atoms with Crippen LogP contribution in [0.2, 0.25) is 5.15 Å². The molecule has 0 bridgehead atoms. The molecule has 106 valence electrons.